The van der Waals surface area contributed by atoms with Crippen LogP contribution in [-0.2, 0) is 43.2 Å². The Morgan fingerprint density at radius 3 is 1.20 bits per heavy atom. The van der Waals surface area contributed by atoms with Gasteiger partial charge in [-0.1, -0.05) is 108 Å². The van der Waals surface area contributed by atoms with E-state index < -0.39 is 5.97 Å². The number of aliphatic carboxylic acids is 1. The molecule has 1 aliphatic rings. The zero-order valence-electron chi connectivity index (χ0n) is 32.8. The van der Waals surface area contributed by atoms with E-state index >= 15 is 0 Å². The van der Waals surface area contributed by atoms with Gasteiger partial charge < -0.3 is 15.3 Å². The number of rotatable bonds is 12. The molecule has 2 atom stereocenters. The van der Waals surface area contributed by atoms with Crippen LogP contribution >= 0.6 is 0 Å². The number of aromatic hydroxyl groups is 2. The first-order chi connectivity index (χ1) is 22.2. The van der Waals surface area contributed by atoms with E-state index in [1.165, 1.54) is 11.1 Å². The van der Waals surface area contributed by atoms with Crippen LogP contribution < -0.4 is 0 Å². The second kappa shape index (κ2) is 18.0. The predicted octanol–water partition coefficient (Wildman–Crippen LogP) is 10.8. The average molecular weight is 722 g/mol. The van der Waals surface area contributed by atoms with Crippen LogP contribution in [0.4, 0.5) is 0 Å². The SMILES string of the molecule is CC(=O)O.CCC(C)(C)c1cc(C=NC2CCCCC2N=Cc2cc(C(C)(C)CC)cc(C(C)(C)CC)c2O)c(O)c(C(C)(C)CC)c1.[Co]. The second-order valence-corrected chi connectivity index (χ2v) is 16.4. The van der Waals surface area contributed by atoms with E-state index in [9.17, 15) is 10.2 Å². The molecule has 3 N–H and O–H groups in total. The van der Waals surface area contributed by atoms with Crippen molar-refractivity contribution >= 4 is 18.4 Å². The predicted molar refractivity (Wildman–Crippen MR) is 204 cm³/mol. The van der Waals surface area contributed by atoms with Crippen LogP contribution in [0.2, 0.25) is 0 Å². The van der Waals surface area contributed by atoms with E-state index in [4.69, 9.17) is 19.9 Å². The third-order valence-corrected chi connectivity index (χ3v) is 11.3. The number of carboxylic acids is 1. The van der Waals surface area contributed by atoms with Crippen LogP contribution in [0.15, 0.2) is 34.3 Å². The summed E-state index contributed by atoms with van der Waals surface area (Å²) in [7, 11) is 0. The second-order valence-electron chi connectivity index (χ2n) is 16.4. The summed E-state index contributed by atoms with van der Waals surface area (Å²) in [6, 6.07) is 8.76. The molecule has 1 saturated carbocycles. The average Bonchev–Trinajstić information content (AvgIpc) is 3.03. The van der Waals surface area contributed by atoms with Crippen LogP contribution in [0.3, 0.4) is 0 Å². The number of carbonyl (C=O) groups is 1. The molecule has 2 aromatic carbocycles. The Labute approximate surface area is 308 Å². The minimum atomic E-state index is -0.833. The summed E-state index contributed by atoms with van der Waals surface area (Å²) in [5.74, 6) is -0.142. The van der Waals surface area contributed by atoms with Gasteiger partial charge in [-0.2, -0.15) is 0 Å². The Morgan fingerprint density at radius 1 is 0.653 bits per heavy atom. The molecule has 2 unspecified atom stereocenters. The number of aliphatic imine (C=N–C) groups is 2. The van der Waals surface area contributed by atoms with Gasteiger partial charge in [-0.25, -0.2) is 0 Å². The van der Waals surface area contributed by atoms with Crippen LogP contribution in [0, 0.1) is 0 Å². The van der Waals surface area contributed by atoms with E-state index in [2.05, 4.69) is 107 Å². The fourth-order valence-electron chi connectivity index (χ4n) is 5.90. The maximum absolute atomic E-state index is 11.5. The number of hydrogen-bond acceptors (Lipinski definition) is 5. The molecule has 277 valence electrons. The van der Waals surface area contributed by atoms with Gasteiger partial charge in [0.25, 0.3) is 5.97 Å². The summed E-state index contributed by atoms with van der Waals surface area (Å²) in [5.41, 5.74) is 5.79. The fourth-order valence-corrected chi connectivity index (χ4v) is 5.90. The van der Waals surface area contributed by atoms with E-state index in [-0.39, 0.29) is 50.5 Å². The van der Waals surface area contributed by atoms with Crippen LogP contribution in [0.5, 0.6) is 11.5 Å². The van der Waals surface area contributed by atoms with Crippen LogP contribution in [0.1, 0.15) is 175 Å². The van der Waals surface area contributed by atoms with E-state index in [0.29, 0.717) is 11.5 Å². The molecule has 0 aliphatic heterocycles. The summed E-state index contributed by atoms with van der Waals surface area (Å²) in [6.07, 6.45) is 11.9. The summed E-state index contributed by atoms with van der Waals surface area (Å²) in [4.78, 5) is 19.2. The largest absolute Gasteiger partial charge is 0.507 e. The standard InChI is InChI=1S/C40H62N2O2.C2H4O2.Co/c1-13-37(5,6)29-21-27(35(43)31(23-29)39(9,10)15-3)25-41-33-19-17-18-20-34(33)42-26-28-22-30(38(7,8)14-2)24-32(36(28)44)40(11,12)16-4;1-2(3)4;/h21-26,33-34,43-44H,13-20H2,1-12H3;1H3,(H,3,4);. The Balaban J connectivity index is 0.00000227. The minimum Gasteiger partial charge on any atom is -0.507 e. The van der Waals surface area contributed by atoms with Gasteiger partial charge in [0.1, 0.15) is 11.5 Å². The van der Waals surface area contributed by atoms with Gasteiger partial charge >= 0.3 is 0 Å². The van der Waals surface area contributed by atoms with Crippen molar-refractivity contribution in [3.8, 4) is 11.5 Å². The molecule has 1 fully saturated rings. The number of benzene rings is 2. The first-order valence-corrected chi connectivity index (χ1v) is 18.2. The van der Waals surface area contributed by atoms with Gasteiger partial charge in [-0.05, 0) is 83.4 Å². The summed E-state index contributed by atoms with van der Waals surface area (Å²) in [6.45, 7) is 27.8. The molecule has 1 radical (unpaired) electrons. The zero-order valence-corrected chi connectivity index (χ0v) is 33.8. The van der Waals surface area contributed by atoms with Crippen molar-refractivity contribution in [1.82, 2.24) is 0 Å². The van der Waals surface area contributed by atoms with Crippen molar-refractivity contribution in [2.24, 2.45) is 9.98 Å². The first kappa shape index (κ1) is 44.4. The number of carboxylic acid groups (broad SMARTS) is 1. The van der Waals surface area contributed by atoms with Crippen LogP contribution in [0.25, 0.3) is 0 Å². The molecule has 49 heavy (non-hydrogen) atoms. The number of phenolic OH excluding ortho intramolecular Hbond substituents is 2. The molecule has 0 bridgehead atoms. The maximum atomic E-state index is 11.5. The molecule has 0 heterocycles. The number of hydrogen-bond donors (Lipinski definition) is 3. The quantitative estimate of drug-likeness (QED) is 0.190. The molecule has 0 spiro atoms. The van der Waals surface area contributed by atoms with E-state index in [1.807, 2.05) is 12.4 Å². The van der Waals surface area contributed by atoms with Crippen molar-refractivity contribution in [3.05, 3.63) is 57.6 Å². The molecule has 7 heteroatoms. The van der Waals surface area contributed by atoms with E-state index in [0.717, 1.165) is 80.5 Å². The number of nitrogens with zero attached hydrogens (tertiary/aromatic N) is 2. The van der Waals surface area contributed by atoms with E-state index in [1.54, 1.807) is 0 Å². The summed E-state index contributed by atoms with van der Waals surface area (Å²) < 4.78 is 0. The molecule has 3 rings (SSSR count). The minimum absolute atomic E-state index is 0. The summed E-state index contributed by atoms with van der Waals surface area (Å²) in [5, 5.41) is 30.4. The van der Waals surface area contributed by atoms with Gasteiger partial charge in [0, 0.05) is 58.4 Å². The molecular formula is C42H66CoN2O4. The molecule has 0 saturated heterocycles. The maximum Gasteiger partial charge on any atom is 0.300 e. The van der Waals surface area contributed by atoms with Crippen molar-refractivity contribution in [3.63, 3.8) is 0 Å². The number of phenols is 2. The molecule has 2 aromatic rings. The van der Waals surface area contributed by atoms with Gasteiger partial charge in [-0.15, -0.1) is 0 Å². The molecule has 0 aromatic heterocycles. The van der Waals surface area contributed by atoms with Gasteiger partial charge in [0.2, 0.25) is 0 Å². The molecular weight excluding hydrogens is 655 g/mol. The first-order valence-electron chi connectivity index (χ1n) is 18.2. The van der Waals surface area contributed by atoms with Gasteiger partial charge in [0.15, 0.2) is 0 Å². The normalized spacial score (nSPS) is 17.5. The molecule has 6 nitrogen and oxygen atoms in total. The topological polar surface area (TPSA) is 102 Å². The summed E-state index contributed by atoms with van der Waals surface area (Å²) >= 11 is 0. The van der Waals surface area contributed by atoms with Crippen LogP contribution in [-0.4, -0.2) is 45.8 Å². The third-order valence-electron chi connectivity index (χ3n) is 11.3. The van der Waals surface area contributed by atoms with Crippen molar-refractivity contribution in [2.45, 2.75) is 175 Å². The smallest absolute Gasteiger partial charge is 0.300 e. The fraction of sp³-hybridized carbons (Fsp3) is 0.643. The van der Waals surface area contributed by atoms with Gasteiger partial charge in [-0.3, -0.25) is 14.8 Å². The zero-order chi connectivity index (χ0) is 36.7. The monoisotopic (exact) mass is 721 g/mol. The van der Waals surface area contributed by atoms with Crippen molar-refractivity contribution < 1.29 is 36.9 Å². The third kappa shape index (κ3) is 11.4. The Hall–Kier alpha value is -2.64. The Bertz CT molecular complexity index is 1350. The molecule has 1 aliphatic carbocycles. The Kier molecular flexibility index (Phi) is 16.3. The van der Waals surface area contributed by atoms with Crippen molar-refractivity contribution in [1.29, 1.82) is 0 Å². The van der Waals surface area contributed by atoms with Crippen molar-refractivity contribution in [2.75, 3.05) is 0 Å². The van der Waals surface area contributed by atoms with Gasteiger partial charge in [0.05, 0.1) is 12.1 Å². The molecule has 0 amide bonds. The Morgan fingerprint density at radius 2 is 0.939 bits per heavy atom.